The van der Waals surface area contributed by atoms with Crippen LogP contribution in [-0.2, 0) is 22.4 Å². The zero-order chi connectivity index (χ0) is 19.7. The highest BCUT2D eigenvalue weighted by Crippen LogP contribution is 2.29. The van der Waals surface area contributed by atoms with E-state index in [1.165, 1.54) is 4.90 Å². The van der Waals surface area contributed by atoms with E-state index >= 15 is 0 Å². The van der Waals surface area contributed by atoms with Gasteiger partial charge in [0, 0.05) is 39.3 Å². The highest BCUT2D eigenvalue weighted by molar-refractivity contribution is 6.35. The largest absolute Gasteiger partial charge is 0.507 e. The summed E-state index contributed by atoms with van der Waals surface area (Å²) >= 11 is 0. The minimum Gasteiger partial charge on any atom is -0.507 e. The number of likely N-dealkylation sites (tertiary alicyclic amines) is 1. The molecule has 4 rings (SSSR count). The van der Waals surface area contributed by atoms with Gasteiger partial charge in [0.2, 0.25) is 0 Å². The van der Waals surface area contributed by atoms with Crippen LogP contribution in [0, 0.1) is 0 Å². The number of hydrogen-bond donors (Lipinski definition) is 1. The van der Waals surface area contributed by atoms with Gasteiger partial charge in [-0.3, -0.25) is 14.4 Å². The number of aromatic hydroxyl groups is 1. The fourth-order valence-electron chi connectivity index (χ4n) is 4.42. The Morgan fingerprint density at radius 2 is 1.18 bits per heavy atom. The predicted molar refractivity (Wildman–Crippen MR) is 103 cm³/mol. The summed E-state index contributed by atoms with van der Waals surface area (Å²) < 4.78 is 0. The standard InChI is InChI=1S/C21H27N3O4/c25-18-14-16-6-2-1-5-15(16)13-17(18)19(26)23-9-11-24(12-10-23)21(28)20(27)22-7-3-4-8-22/h13-14,25H,1-12H2. The summed E-state index contributed by atoms with van der Waals surface area (Å²) in [7, 11) is 0. The lowest BCUT2D eigenvalue weighted by Crippen LogP contribution is -2.54. The van der Waals surface area contributed by atoms with Crippen molar-refractivity contribution < 1.29 is 19.5 Å². The molecule has 1 N–H and O–H groups in total. The molecular weight excluding hydrogens is 358 g/mol. The molecule has 0 bridgehead atoms. The van der Waals surface area contributed by atoms with Crippen molar-refractivity contribution in [1.29, 1.82) is 0 Å². The van der Waals surface area contributed by atoms with E-state index in [0.29, 0.717) is 44.8 Å². The Hall–Kier alpha value is -2.57. The third kappa shape index (κ3) is 3.57. The lowest BCUT2D eigenvalue weighted by atomic mass is 9.89. The Morgan fingerprint density at radius 3 is 1.79 bits per heavy atom. The quantitative estimate of drug-likeness (QED) is 0.736. The first kappa shape index (κ1) is 18.8. The molecule has 2 heterocycles. The van der Waals surface area contributed by atoms with Crippen LogP contribution in [0.15, 0.2) is 12.1 Å². The first-order chi connectivity index (χ1) is 13.5. The van der Waals surface area contributed by atoms with Crippen LogP contribution in [0.1, 0.15) is 47.2 Å². The maximum atomic E-state index is 12.9. The molecule has 28 heavy (non-hydrogen) atoms. The molecule has 7 heteroatoms. The summed E-state index contributed by atoms with van der Waals surface area (Å²) in [6.07, 6.45) is 6.01. The second kappa shape index (κ2) is 7.81. The summed E-state index contributed by atoms with van der Waals surface area (Å²) in [5.41, 5.74) is 2.63. The number of rotatable bonds is 1. The Balaban J connectivity index is 1.39. The number of hydrogen-bond acceptors (Lipinski definition) is 4. The van der Waals surface area contributed by atoms with Crippen molar-refractivity contribution in [1.82, 2.24) is 14.7 Å². The topological polar surface area (TPSA) is 81.2 Å². The van der Waals surface area contributed by atoms with Gasteiger partial charge in [-0.25, -0.2) is 0 Å². The molecule has 0 spiro atoms. The maximum Gasteiger partial charge on any atom is 0.312 e. The lowest BCUT2D eigenvalue weighted by Gasteiger charge is -2.35. The molecule has 0 radical (unpaired) electrons. The number of benzene rings is 1. The van der Waals surface area contributed by atoms with Crippen LogP contribution in [-0.4, -0.2) is 76.8 Å². The van der Waals surface area contributed by atoms with Gasteiger partial charge in [-0.05, 0) is 61.8 Å². The summed E-state index contributed by atoms with van der Waals surface area (Å²) in [4.78, 5) is 42.5. The molecule has 3 aliphatic rings. The molecule has 1 aromatic carbocycles. The maximum absolute atomic E-state index is 12.9. The molecule has 0 saturated carbocycles. The van der Waals surface area contributed by atoms with Crippen LogP contribution in [0.3, 0.4) is 0 Å². The average Bonchev–Trinajstić information content (AvgIpc) is 3.26. The molecule has 0 atom stereocenters. The van der Waals surface area contributed by atoms with E-state index in [1.54, 1.807) is 15.9 Å². The van der Waals surface area contributed by atoms with Crippen molar-refractivity contribution in [3.63, 3.8) is 0 Å². The number of aryl methyl sites for hydroxylation is 2. The van der Waals surface area contributed by atoms with Gasteiger partial charge in [0.1, 0.15) is 5.75 Å². The van der Waals surface area contributed by atoms with E-state index in [9.17, 15) is 19.5 Å². The molecule has 1 aromatic rings. The lowest BCUT2D eigenvalue weighted by molar-refractivity contribution is -0.152. The van der Waals surface area contributed by atoms with Gasteiger partial charge in [0.25, 0.3) is 5.91 Å². The van der Waals surface area contributed by atoms with Crippen LogP contribution in [0.25, 0.3) is 0 Å². The number of phenols is 1. The summed E-state index contributed by atoms with van der Waals surface area (Å²) in [5, 5.41) is 10.3. The van der Waals surface area contributed by atoms with E-state index in [2.05, 4.69) is 0 Å². The number of piperazine rings is 1. The first-order valence-corrected chi connectivity index (χ1v) is 10.3. The smallest absolute Gasteiger partial charge is 0.312 e. The van der Waals surface area contributed by atoms with Crippen LogP contribution < -0.4 is 0 Å². The van der Waals surface area contributed by atoms with Crippen LogP contribution in [0.5, 0.6) is 5.75 Å². The van der Waals surface area contributed by atoms with E-state index < -0.39 is 11.8 Å². The van der Waals surface area contributed by atoms with E-state index in [4.69, 9.17) is 0 Å². The molecule has 0 aromatic heterocycles. The van der Waals surface area contributed by atoms with Gasteiger partial charge in [0.15, 0.2) is 0 Å². The van der Waals surface area contributed by atoms with Crippen molar-refractivity contribution in [2.24, 2.45) is 0 Å². The highest BCUT2D eigenvalue weighted by atomic mass is 16.3. The van der Waals surface area contributed by atoms with E-state index in [-0.39, 0.29) is 11.7 Å². The monoisotopic (exact) mass is 385 g/mol. The molecule has 2 saturated heterocycles. The Labute approximate surface area is 164 Å². The summed E-state index contributed by atoms with van der Waals surface area (Å²) in [6.45, 7) is 2.73. The first-order valence-electron chi connectivity index (χ1n) is 10.3. The second-order valence-electron chi connectivity index (χ2n) is 7.93. The van der Waals surface area contributed by atoms with Crippen molar-refractivity contribution >= 4 is 17.7 Å². The van der Waals surface area contributed by atoms with Gasteiger partial charge < -0.3 is 19.8 Å². The normalized spacial score (nSPS) is 19.5. The number of phenolic OH excluding ortho intramolecular Hbond substituents is 1. The average molecular weight is 385 g/mol. The predicted octanol–water partition coefficient (Wildman–Crippen LogP) is 1.18. The van der Waals surface area contributed by atoms with Crippen molar-refractivity contribution in [3.05, 3.63) is 28.8 Å². The molecule has 150 valence electrons. The third-order valence-electron chi connectivity index (χ3n) is 6.12. The zero-order valence-electron chi connectivity index (χ0n) is 16.2. The second-order valence-corrected chi connectivity index (χ2v) is 7.93. The Bertz CT molecular complexity index is 793. The number of nitrogens with zero attached hydrogens (tertiary/aromatic N) is 3. The third-order valence-corrected chi connectivity index (χ3v) is 6.12. The Kier molecular flexibility index (Phi) is 5.24. The van der Waals surface area contributed by atoms with Crippen LogP contribution in [0.2, 0.25) is 0 Å². The number of fused-ring (bicyclic) bond motifs is 1. The molecular formula is C21H27N3O4. The minimum atomic E-state index is -0.467. The molecule has 2 aliphatic heterocycles. The Morgan fingerprint density at radius 1 is 0.679 bits per heavy atom. The van der Waals surface area contributed by atoms with E-state index in [0.717, 1.165) is 49.7 Å². The minimum absolute atomic E-state index is 0.0355. The molecule has 3 amide bonds. The van der Waals surface area contributed by atoms with Gasteiger partial charge in [-0.2, -0.15) is 0 Å². The highest BCUT2D eigenvalue weighted by Gasteiger charge is 2.32. The molecule has 2 fully saturated rings. The van der Waals surface area contributed by atoms with Crippen LogP contribution in [0.4, 0.5) is 0 Å². The molecule has 7 nitrogen and oxygen atoms in total. The number of carbonyl (C=O) groups excluding carboxylic acids is 3. The van der Waals surface area contributed by atoms with E-state index in [1.807, 2.05) is 6.07 Å². The van der Waals surface area contributed by atoms with Gasteiger partial charge in [0.05, 0.1) is 5.56 Å². The molecule has 0 unspecified atom stereocenters. The van der Waals surface area contributed by atoms with Crippen LogP contribution >= 0.6 is 0 Å². The summed E-state index contributed by atoms with van der Waals surface area (Å²) in [5.74, 6) is -1.06. The van der Waals surface area contributed by atoms with Crippen molar-refractivity contribution in [2.45, 2.75) is 38.5 Å². The SMILES string of the molecule is O=C(C(=O)N1CCN(C(=O)c2cc3c(cc2O)CCCC3)CC1)N1CCCC1. The fraction of sp³-hybridized carbons (Fsp3) is 0.571. The van der Waals surface area contributed by atoms with Crippen molar-refractivity contribution in [3.8, 4) is 5.75 Å². The zero-order valence-corrected chi connectivity index (χ0v) is 16.2. The number of amides is 3. The van der Waals surface area contributed by atoms with Gasteiger partial charge in [-0.1, -0.05) is 0 Å². The number of carbonyl (C=O) groups is 3. The summed E-state index contributed by atoms with van der Waals surface area (Å²) in [6, 6.07) is 3.57. The van der Waals surface area contributed by atoms with Gasteiger partial charge in [-0.15, -0.1) is 0 Å². The molecule has 1 aliphatic carbocycles. The van der Waals surface area contributed by atoms with Crippen molar-refractivity contribution in [2.75, 3.05) is 39.3 Å². The fourth-order valence-corrected chi connectivity index (χ4v) is 4.42. The van der Waals surface area contributed by atoms with Gasteiger partial charge >= 0.3 is 11.8 Å².